The van der Waals surface area contributed by atoms with E-state index in [1.165, 1.54) is 42.1 Å². The smallest absolute Gasteiger partial charge is 0.111 e. The van der Waals surface area contributed by atoms with E-state index in [4.69, 9.17) is 4.98 Å². The largest absolute Gasteiger partial charge is 0.304 e. The second-order valence-corrected chi connectivity index (χ2v) is 7.23. The minimum absolute atomic E-state index is 0.321. The van der Waals surface area contributed by atoms with Crippen LogP contribution in [0.4, 0.5) is 0 Å². The highest BCUT2D eigenvalue weighted by molar-refractivity contribution is 7.18. The predicted molar refractivity (Wildman–Crippen MR) is 90.9 cm³/mol. The number of para-hydroxylation sites is 1. The zero-order valence-electron chi connectivity index (χ0n) is 13.0. The van der Waals surface area contributed by atoms with Gasteiger partial charge < -0.3 is 10.2 Å². The molecule has 2 atom stereocenters. The maximum atomic E-state index is 4.75. The highest BCUT2D eigenvalue weighted by Crippen LogP contribution is 2.26. The van der Waals surface area contributed by atoms with Crippen LogP contribution in [0.2, 0.25) is 0 Å². The molecular formula is C17H25N3S. The van der Waals surface area contributed by atoms with Gasteiger partial charge in [-0.1, -0.05) is 18.6 Å². The third-order valence-electron chi connectivity index (χ3n) is 4.20. The van der Waals surface area contributed by atoms with Gasteiger partial charge in [0, 0.05) is 12.6 Å². The molecule has 4 heteroatoms. The summed E-state index contributed by atoms with van der Waals surface area (Å²) >= 11 is 1.81. The summed E-state index contributed by atoms with van der Waals surface area (Å²) in [6.45, 7) is 8.20. The van der Waals surface area contributed by atoms with Crippen molar-refractivity contribution in [3.63, 3.8) is 0 Å². The Morgan fingerprint density at radius 2 is 1.95 bits per heavy atom. The molecule has 2 heterocycles. The van der Waals surface area contributed by atoms with Gasteiger partial charge in [-0.15, -0.1) is 11.3 Å². The van der Waals surface area contributed by atoms with Crippen LogP contribution in [0.5, 0.6) is 0 Å². The number of likely N-dealkylation sites (tertiary alicyclic amines) is 1. The molecule has 0 radical (unpaired) electrons. The van der Waals surface area contributed by atoms with E-state index in [2.05, 4.69) is 48.3 Å². The molecule has 2 unspecified atom stereocenters. The fourth-order valence-electron chi connectivity index (χ4n) is 3.16. The Morgan fingerprint density at radius 3 is 2.71 bits per heavy atom. The average molecular weight is 303 g/mol. The summed E-state index contributed by atoms with van der Waals surface area (Å²) in [5.41, 5.74) is 1.12. The van der Waals surface area contributed by atoms with E-state index in [9.17, 15) is 0 Å². The van der Waals surface area contributed by atoms with E-state index in [1.54, 1.807) is 11.3 Å². The second kappa shape index (κ2) is 6.86. The molecule has 3 rings (SSSR count). The normalized spacial score (nSPS) is 19.7. The summed E-state index contributed by atoms with van der Waals surface area (Å²) < 4.78 is 1.28. The zero-order valence-corrected chi connectivity index (χ0v) is 13.8. The summed E-state index contributed by atoms with van der Waals surface area (Å²) in [6.07, 6.45) is 4.13. The minimum atomic E-state index is 0.321. The van der Waals surface area contributed by atoms with Crippen LogP contribution in [0.25, 0.3) is 10.2 Å². The van der Waals surface area contributed by atoms with Crippen LogP contribution in [0.1, 0.15) is 44.2 Å². The van der Waals surface area contributed by atoms with Crippen LogP contribution < -0.4 is 5.32 Å². The lowest BCUT2D eigenvalue weighted by Gasteiger charge is -2.30. The lowest BCUT2D eigenvalue weighted by Crippen LogP contribution is -2.42. The summed E-state index contributed by atoms with van der Waals surface area (Å²) in [5.74, 6) is 0. The molecule has 0 saturated carbocycles. The van der Waals surface area contributed by atoms with Crippen LogP contribution in [0, 0.1) is 0 Å². The van der Waals surface area contributed by atoms with Gasteiger partial charge in [-0.25, -0.2) is 4.98 Å². The monoisotopic (exact) mass is 303 g/mol. The fourth-order valence-corrected chi connectivity index (χ4v) is 4.13. The molecule has 1 aliphatic heterocycles. The SMILES string of the molecule is CC(CN1CCCCC1)NC(C)c1nc2ccccc2s1. The Hall–Kier alpha value is -0.970. The Morgan fingerprint density at radius 1 is 1.19 bits per heavy atom. The number of rotatable bonds is 5. The summed E-state index contributed by atoms with van der Waals surface area (Å²) in [4.78, 5) is 7.34. The highest BCUT2D eigenvalue weighted by atomic mass is 32.1. The van der Waals surface area contributed by atoms with Gasteiger partial charge in [-0.05, 0) is 51.9 Å². The first-order valence-electron chi connectivity index (χ1n) is 8.06. The minimum Gasteiger partial charge on any atom is -0.304 e. The number of nitrogens with zero attached hydrogens (tertiary/aromatic N) is 2. The molecule has 1 N–H and O–H groups in total. The van der Waals surface area contributed by atoms with Crippen molar-refractivity contribution in [2.75, 3.05) is 19.6 Å². The van der Waals surface area contributed by atoms with Crippen molar-refractivity contribution in [2.24, 2.45) is 0 Å². The van der Waals surface area contributed by atoms with E-state index in [0.29, 0.717) is 12.1 Å². The molecule has 21 heavy (non-hydrogen) atoms. The van der Waals surface area contributed by atoms with Crippen LogP contribution in [-0.2, 0) is 0 Å². The van der Waals surface area contributed by atoms with Crippen molar-refractivity contribution in [1.29, 1.82) is 0 Å². The highest BCUT2D eigenvalue weighted by Gasteiger charge is 2.17. The number of aromatic nitrogens is 1. The molecule has 1 aromatic carbocycles. The summed E-state index contributed by atoms with van der Waals surface area (Å²) in [7, 11) is 0. The molecule has 0 amide bonds. The number of hydrogen-bond acceptors (Lipinski definition) is 4. The van der Waals surface area contributed by atoms with Crippen molar-refractivity contribution in [2.45, 2.75) is 45.2 Å². The molecule has 3 nitrogen and oxygen atoms in total. The average Bonchev–Trinajstić information content (AvgIpc) is 2.92. The maximum Gasteiger partial charge on any atom is 0.111 e. The molecule has 1 aliphatic rings. The molecule has 0 bridgehead atoms. The van der Waals surface area contributed by atoms with Gasteiger partial charge in [0.2, 0.25) is 0 Å². The van der Waals surface area contributed by atoms with Gasteiger partial charge >= 0.3 is 0 Å². The maximum absolute atomic E-state index is 4.75. The number of fused-ring (bicyclic) bond motifs is 1. The third kappa shape index (κ3) is 3.82. The molecule has 1 saturated heterocycles. The zero-order chi connectivity index (χ0) is 14.7. The quantitative estimate of drug-likeness (QED) is 0.910. The Kier molecular flexibility index (Phi) is 4.88. The van der Waals surface area contributed by atoms with Crippen molar-refractivity contribution in [3.8, 4) is 0 Å². The van der Waals surface area contributed by atoms with Crippen molar-refractivity contribution >= 4 is 21.6 Å². The third-order valence-corrected chi connectivity index (χ3v) is 5.42. The van der Waals surface area contributed by atoms with Gasteiger partial charge in [0.15, 0.2) is 0 Å². The Labute approximate surface area is 131 Å². The first kappa shape index (κ1) is 14.9. The summed E-state index contributed by atoms with van der Waals surface area (Å²) in [6, 6.07) is 9.22. The number of piperidine rings is 1. The molecule has 0 spiro atoms. The molecular weight excluding hydrogens is 278 g/mol. The number of thiazole rings is 1. The lowest BCUT2D eigenvalue weighted by atomic mass is 10.1. The van der Waals surface area contributed by atoms with E-state index in [-0.39, 0.29) is 0 Å². The van der Waals surface area contributed by atoms with Crippen molar-refractivity contribution < 1.29 is 0 Å². The number of nitrogens with one attached hydrogen (secondary N) is 1. The molecule has 0 aliphatic carbocycles. The van der Waals surface area contributed by atoms with Gasteiger partial charge in [0.05, 0.1) is 16.3 Å². The van der Waals surface area contributed by atoms with Gasteiger partial charge in [-0.2, -0.15) is 0 Å². The fraction of sp³-hybridized carbons (Fsp3) is 0.588. The molecule has 2 aromatic rings. The summed E-state index contributed by atoms with van der Waals surface area (Å²) in [5, 5.41) is 4.91. The molecule has 114 valence electrons. The van der Waals surface area contributed by atoms with Crippen LogP contribution in [0.15, 0.2) is 24.3 Å². The Balaban J connectivity index is 1.58. The van der Waals surface area contributed by atoms with Crippen LogP contribution in [-0.4, -0.2) is 35.6 Å². The van der Waals surface area contributed by atoms with E-state index in [0.717, 1.165) is 12.1 Å². The first-order valence-corrected chi connectivity index (χ1v) is 8.88. The van der Waals surface area contributed by atoms with E-state index in [1.807, 2.05) is 0 Å². The second-order valence-electron chi connectivity index (χ2n) is 6.17. The van der Waals surface area contributed by atoms with Gasteiger partial charge in [0.25, 0.3) is 0 Å². The van der Waals surface area contributed by atoms with Gasteiger partial charge in [-0.3, -0.25) is 0 Å². The molecule has 1 fully saturated rings. The van der Waals surface area contributed by atoms with Crippen molar-refractivity contribution in [3.05, 3.63) is 29.3 Å². The van der Waals surface area contributed by atoms with E-state index >= 15 is 0 Å². The number of hydrogen-bond donors (Lipinski definition) is 1. The van der Waals surface area contributed by atoms with E-state index < -0.39 is 0 Å². The topological polar surface area (TPSA) is 28.2 Å². The number of benzene rings is 1. The van der Waals surface area contributed by atoms with Gasteiger partial charge in [0.1, 0.15) is 5.01 Å². The predicted octanol–water partition coefficient (Wildman–Crippen LogP) is 3.82. The van der Waals surface area contributed by atoms with Crippen LogP contribution >= 0.6 is 11.3 Å². The first-order chi connectivity index (χ1) is 10.2. The standard InChI is InChI=1S/C17H25N3S/c1-13(12-20-10-6-3-7-11-20)18-14(2)17-19-15-8-4-5-9-16(15)21-17/h4-5,8-9,13-14,18H,3,6-7,10-12H2,1-2H3. The lowest BCUT2D eigenvalue weighted by molar-refractivity contribution is 0.205. The van der Waals surface area contributed by atoms with Crippen LogP contribution in [0.3, 0.4) is 0 Å². The van der Waals surface area contributed by atoms with Crippen molar-refractivity contribution in [1.82, 2.24) is 15.2 Å². The Bertz CT molecular complexity index is 541. The molecule has 1 aromatic heterocycles.